The zero-order valence-electron chi connectivity index (χ0n) is 13.2. The highest BCUT2D eigenvalue weighted by molar-refractivity contribution is 5.92. The van der Waals surface area contributed by atoms with Crippen LogP contribution < -0.4 is 20.9 Å². The number of aromatic nitrogens is 2. The lowest BCUT2D eigenvalue weighted by atomic mass is 10.2. The first-order chi connectivity index (χ1) is 11.6. The second-order valence-corrected chi connectivity index (χ2v) is 5.45. The second kappa shape index (κ2) is 6.61. The van der Waals surface area contributed by atoms with Crippen molar-refractivity contribution in [3.05, 3.63) is 56.9 Å². The Bertz CT molecular complexity index is 821. The van der Waals surface area contributed by atoms with Crippen molar-refractivity contribution in [2.75, 3.05) is 38.2 Å². The molecule has 126 valence electrons. The van der Waals surface area contributed by atoms with Crippen molar-refractivity contribution in [1.29, 1.82) is 0 Å². The van der Waals surface area contributed by atoms with E-state index in [1.165, 1.54) is 0 Å². The summed E-state index contributed by atoms with van der Waals surface area (Å²) in [5.41, 5.74) is -0.278. The third-order valence-electron chi connectivity index (χ3n) is 3.98. The topological polar surface area (TPSA) is 98.5 Å². The molecule has 3 rings (SSSR count). The van der Waals surface area contributed by atoms with Gasteiger partial charge < -0.3 is 19.5 Å². The van der Waals surface area contributed by atoms with Gasteiger partial charge in [-0.15, -0.1) is 0 Å². The lowest BCUT2D eigenvalue weighted by Gasteiger charge is -2.36. The van der Waals surface area contributed by atoms with E-state index < -0.39 is 11.2 Å². The maximum atomic E-state index is 12.4. The number of aromatic amines is 2. The molecule has 0 aliphatic carbocycles. The number of piperazine rings is 1. The molecule has 1 fully saturated rings. The minimum atomic E-state index is -0.682. The van der Waals surface area contributed by atoms with Crippen LogP contribution in [0.5, 0.6) is 5.75 Å². The second-order valence-electron chi connectivity index (χ2n) is 5.45. The Morgan fingerprint density at radius 3 is 2.46 bits per heavy atom. The van der Waals surface area contributed by atoms with Crippen LogP contribution in [0.1, 0.15) is 10.5 Å². The van der Waals surface area contributed by atoms with Gasteiger partial charge in [-0.25, -0.2) is 4.79 Å². The van der Waals surface area contributed by atoms with Crippen molar-refractivity contribution in [1.82, 2.24) is 14.9 Å². The van der Waals surface area contributed by atoms with Gasteiger partial charge in [0.05, 0.1) is 12.8 Å². The first kappa shape index (κ1) is 15.9. The van der Waals surface area contributed by atoms with Crippen LogP contribution in [0.25, 0.3) is 0 Å². The van der Waals surface area contributed by atoms with Gasteiger partial charge in [0, 0.05) is 32.2 Å². The highest BCUT2D eigenvalue weighted by Crippen LogP contribution is 2.28. The number of hydrogen-bond acceptors (Lipinski definition) is 5. The number of nitrogens with one attached hydrogen (secondary N) is 2. The lowest BCUT2D eigenvalue weighted by Crippen LogP contribution is -2.49. The van der Waals surface area contributed by atoms with Crippen molar-refractivity contribution >= 4 is 11.6 Å². The highest BCUT2D eigenvalue weighted by Gasteiger charge is 2.24. The van der Waals surface area contributed by atoms with E-state index in [0.29, 0.717) is 26.2 Å². The summed E-state index contributed by atoms with van der Waals surface area (Å²) in [4.78, 5) is 43.3. The molecule has 8 nitrogen and oxygen atoms in total. The van der Waals surface area contributed by atoms with Gasteiger partial charge in [0.1, 0.15) is 11.4 Å². The number of para-hydroxylation sites is 2. The molecule has 0 saturated carbocycles. The number of anilines is 1. The number of nitrogens with zero attached hydrogens (tertiary/aromatic N) is 2. The fourth-order valence-electron chi connectivity index (χ4n) is 2.80. The molecule has 24 heavy (non-hydrogen) atoms. The fraction of sp³-hybridized carbons (Fsp3) is 0.312. The number of hydrogen-bond donors (Lipinski definition) is 2. The quantitative estimate of drug-likeness (QED) is 0.828. The Balaban J connectivity index is 1.72. The normalized spacial score (nSPS) is 14.5. The number of carbonyl (C=O) groups excluding carboxylic acids is 1. The van der Waals surface area contributed by atoms with Gasteiger partial charge in [-0.2, -0.15) is 0 Å². The monoisotopic (exact) mass is 330 g/mol. The molecule has 0 bridgehead atoms. The maximum Gasteiger partial charge on any atom is 0.326 e. The summed E-state index contributed by atoms with van der Waals surface area (Å²) in [6.45, 7) is 2.26. The number of amides is 1. The zero-order chi connectivity index (χ0) is 17.1. The van der Waals surface area contributed by atoms with Crippen LogP contribution in [0.4, 0.5) is 5.69 Å². The van der Waals surface area contributed by atoms with Crippen LogP contribution in [-0.4, -0.2) is 54.1 Å². The molecular weight excluding hydrogens is 312 g/mol. The third kappa shape index (κ3) is 3.17. The van der Waals surface area contributed by atoms with Gasteiger partial charge in [-0.1, -0.05) is 12.1 Å². The van der Waals surface area contributed by atoms with Crippen LogP contribution >= 0.6 is 0 Å². The number of H-pyrrole nitrogens is 2. The predicted molar refractivity (Wildman–Crippen MR) is 88.8 cm³/mol. The predicted octanol–water partition coefficient (Wildman–Crippen LogP) is 0.0342. The Morgan fingerprint density at radius 2 is 1.79 bits per heavy atom. The minimum absolute atomic E-state index is 0.00879. The van der Waals surface area contributed by atoms with E-state index in [0.717, 1.165) is 17.5 Å². The standard InChI is InChI=1S/C16H18N4O4/c1-24-13-5-3-2-4-12(13)19-6-8-20(9-7-19)15(22)11-10-14(21)18-16(23)17-11/h2-5,10H,6-9H2,1H3,(H2,17,18,21,23). The largest absolute Gasteiger partial charge is 0.495 e. The van der Waals surface area contributed by atoms with Gasteiger partial charge in [-0.05, 0) is 12.1 Å². The summed E-state index contributed by atoms with van der Waals surface area (Å²) in [6, 6.07) is 8.83. The molecule has 2 N–H and O–H groups in total. The van der Waals surface area contributed by atoms with Crippen LogP contribution in [0.15, 0.2) is 39.9 Å². The summed E-state index contributed by atoms with van der Waals surface area (Å²) in [7, 11) is 1.63. The number of ether oxygens (including phenoxy) is 1. The van der Waals surface area contributed by atoms with E-state index in [9.17, 15) is 14.4 Å². The van der Waals surface area contributed by atoms with E-state index in [1.54, 1.807) is 12.0 Å². The van der Waals surface area contributed by atoms with Gasteiger partial charge in [-0.3, -0.25) is 14.6 Å². The zero-order valence-corrected chi connectivity index (χ0v) is 13.2. The minimum Gasteiger partial charge on any atom is -0.495 e. The number of benzene rings is 1. The highest BCUT2D eigenvalue weighted by atomic mass is 16.5. The summed E-state index contributed by atoms with van der Waals surface area (Å²) in [5.74, 6) is 0.439. The summed E-state index contributed by atoms with van der Waals surface area (Å²) in [5, 5.41) is 0. The molecule has 1 aliphatic rings. The van der Waals surface area contributed by atoms with Crippen molar-refractivity contribution in [2.24, 2.45) is 0 Å². The van der Waals surface area contributed by atoms with Crippen molar-refractivity contribution < 1.29 is 9.53 Å². The molecule has 0 radical (unpaired) electrons. The third-order valence-corrected chi connectivity index (χ3v) is 3.98. The molecule has 2 heterocycles. The van der Waals surface area contributed by atoms with Gasteiger partial charge in [0.15, 0.2) is 0 Å². The first-order valence-corrected chi connectivity index (χ1v) is 7.59. The van der Waals surface area contributed by atoms with Crippen molar-refractivity contribution in [3.63, 3.8) is 0 Å². The first-order valence-electron chi connectivity index (χ1n) is 7.59. The molecule has 1 aliphatic heterocycles. The summed E-state index contributed by atoms with van der Waals surface area (Å²) < 4.78 is 5.37. The van der Waals surface area contributed by atoms with E-state index in [4.69, 9.17) is 4.74 Å². The van der Waals surface area contributed by atoms with E-state index in [2.05, 4.69) is 14.9 Å². The molecule has 0 unspecified atom stereocenters. The Kier molecular flexibility index (Phi) is 4.37. The molecule has 1 aromatic carbocycles. The smallest absolute Gasteiger partial charge is 0.326 e. The van der Waals surface area contributed by atoms with Crippen LogP contribution in [0.3, 0.4) is 0 Å². The van der Waals surface area contributed by atoms with Crippen LogP contribution in [0, 0.1) is 0 Å². The van der Waals surface area contributed by atoms with Crippen LogP contribution in [0.2, 0.25) is 0 Å². The van der Waals surface area contributed by atoms with E-state index in [1.807, 2.05) is 24.3 Å². The summed E-state index contributed by atoms with van der Waals surface area (Å²) in [6.07, 6.45) is 0. The Hall–Kier alpha value is -3.03. The Labute approximate surface area is 137 Å². The number of carbonyl (C=O) groups is 1. The molecule has 1 amide bonds. The van der Waals surface area contributed by atoms with E-state index in [-0.39, 0.29) is 11.6 Å². The average molecular weight is 330 g/mol. The van der Waals surface area contributed by atoms with Crippen molar-refractivity contribution in [2.45, 2.75) is 0 Å². The lowest BCUT2D eigenvalue weighted by molar-refractivity contribution is 0.0740. The summed E-state index contributed by atoms with van der Waals surface area (Å²) >= 11 is 0. The van der Waals surface area contributed by atoms with E-state index >= 15 is 0 Å². The van der Waals surface area contributed by atoms with Gasteiger partial charge in [0.2, 0.25) is 0 Å². The number of methoxy groups -OCH3 is 1. The van der Waals surface area contributed by atoms with Gasteiger partial charge >= 0.3 is 5.69 Å². The molecule has 2 aromatic rings. The van der Waals surface area contributed by atoms with Crippen LogP contribution in [-0.2, 0) is 0 Å². The number of rotatable bonds is 3. The molecule has 1 saturated heterocycles. The van der Waals surface area contributed by atoms with Crippen molar-refractivity contribution in [3.8, 4) is 5.75 Å². The molecule has 0 spiro atoms. The SMILES string of the molecule is COc1ccccc1N1CCN(C(=O)c2cc(=O)[nH]c(=O)[nH]2)CC1. The van der Waals surface area contributed by atoms with Gasteiger partial charge in [0.25, 0.3) is 11.5 Å². The fourth-order valence-corrected chi connectivity index (χ4v) is 2.80. The molecule has 8 heteroatoms. The molecule has 1 aromatic heterocycles. The molecule has 0 atom stereocenters. The Morgan fingerprint density at radius 1 is 1.08 bits per heavy atom. The molecular formula is C16H18N4O4. The maximum absolute atomic E-state index is 12.4. The average Bonchev–Trinajstić information content (AvgIpc) is 2.60.